The number of sulfonamides is 1. The van der Waals surface area contributed by atoms with E-state index in [4.69, 9.17) is 9.47 Å². The van der Waals surface area contributed by atoms with E-state index in [1.54, 1.807) is 44.2 Å². The molecule has 0 amide bonds. The number of aryl methyl sites for hydroxylation is 1. The van der Waals surface area contributed by atoms with Crippen molar-refractivity contribution >= 4 is 32.5 Å². The monoisotopic (exact) mass is 481 g/mol. The molecule has 4 aromatic rings. The summed E-state index contributed by atoms with van der Waals surface area (Å²) in [6, 6.07) is 15.4. The second-order valence-corrected chi connectivity index (χ2v) is 9.40. The van der Waals surface area contributed by atoms with Crippen molar-refractivity contribution in [2.24, 2.45) is 0 Å². The van der Waals surface area contributed by atoms with Gasteiger partial charge in [0.15, 0.2) is 0 Å². The topological polar surface area (TPSA) is 130 Å². The van der Waals surface area contributed by atoms with E-state index in [-0.39, 0.29) is 12.3 Å². The molecule has 0 unspecified atom stereocenters. The van der Waals surface area contributed by atoms with Crippen LogP contribution in [0.15, 0.2) is 59.4 Å². The highest BCUT2D eigenvalue weighted by atomic mass is 32.2. The lowest BCUT2D eigenvalue weighted by atomic mass is 10.1. The maximum atomic E-state index is 12.8. The van der Waals surface area contributed by atoms with Gasteiger partial charge in [0.25, 0.3) is 5.56 Å². The number of rotatable bonds is 7. The molecule has 176 valence electrons. The van der Waals surface area contributed by atoms with Gasteiger partial charge in [0.05, 0.1) is 23.9 Å². The van der Waals surface area contributed by atoms with Gasteiger partial charge in [0, 0.05) is 22.3 Å². The molecule has 10 heteroatoms. The molecule has 2 heterocycles. The van der Waals surface area contributed by atoms with Crippen LogP contribution in [0.2, 0.25) is 0 Å². The summed E-state index contributed by atoms with van der Waals surface area (Å²) in [4.78, 5) is 30.9. The van der Waals surface area contributed by atoms with Crippen LogP contribution in [0.4, 0.5) is 5.69 Å². The molecule has 9 nitrogen and oxygen atoms in total. The number of aromatic nitrogens is 2. The molecule has 2 aromatic carbocycles. The van der Waals surface area contributed by atoms with Crippen LogP contribution < -0.4 is 15.0 Å². The quantitative estimate of drug-likeness (QED) is 0.340. The van der Waals surface area contributed by atoms with Gasteiger partial charge in [0.2, 0.25) is 10.0 Å². The fourth-order valence-electron chi connectivity index (χ4n) is 3.69. The molecular formula is C24H23N3O6S. The molecule has 3 N–H and O–H groups in total. The Balaban J connectivity index is 1.95. The zero-order valence-corrected chi connectivity index (χ0v) is 19.6. The van der Waals surface area contributed by atoms with Gasteiger partial charge in [-0.2, -0.15) is 0 Å². The van der Waals surface area contributed by atoms with Crippen LogP contribution in [0.5, 0.6) is 11.5 Å². The minimum absolute atomic E-state index is 0.00976. The Morgan fingerprint density at radius 3 is 2.47 bits per heavy atom. The normalized spacial score (nSPS) is 11.4. The largest absolute Gasteiger partial charge is 0.461 e. The smallest absolute Gasteiger partial charge is 0.354 e. The SMILES string of the molecule is CCOC(=O)c1cc2c(-c3cc(NS(C)(=O)=O)ccc3Oc3ccccc3)[nH]c(C)c2c(=O)[nH]1. The van der Waals surface area contributed by atoms with E-state index in [0.717, 1.165) is 6.26 Å². The predicted molar refractivity (Wildman–Crippen MR) is 130 cm³/mol. The first kappa shape index (κ1) is 23.1. The number of carbonyl (C=O) groups is 1. The fraction of sp³-hybridized carbons (Fsp3) is 0.167. The van der Waals surface area contributed by atoms with Crippen molar-refractivity contribution in [2.75, 3.05) is 17.6 Å². The van der Waals surface area contributed by atoms with E-state index in [1.807, 2.05) is 18.2 Å². The number of fused-ring (bicyclic) bond motifs is 1. The molecule has 0 radical (unpaired) electrons. The Hall–Kier alpha value is -4.05. The number of ether oxygens (including phenoxy) is 2. The molecule has 2 aromatic heterocycles. The number of nitrogens with one attached hydrogen (secondary N) is 3. The number of para-hydroxylation sites is 1. The van der Waals surface area contributed by atoms with Crippen LogP contribution in [-0.4, -0.2) is 37.2 Å². The minimum Gasteiger partial charge on any atom is -0.461 e. The maximum Gasteiger partial charge on any atom is 0.354 e. The van der Waals surface area contributed by atoms with Crippen molar-refractivity contribution in [2.45, 2.75) is 13.8 Å². The predicted octanol–water partition coefficient (Wildman–Crippen LogP) is 4.17. The van der Waals surface area contributed by atoms with E-state index < -0.39 is 21.6 Å². The van der Waals surface area contributed by atoms with Crippen LogP contribution in [-0.2, 0) is 14.8 Å². The van der Waals surface area contributed by atoms with Crippen molar-refractivity contribution in [1.82, 2.24) is 9.97 Å². The highest BCUT2D eigenvalue weighted by Crippen LogP contribution is 2.39. The Bertz CT molecular complexity index is 1540. The van der Waals surface area contributed by atoms with Crippen LogP contribution >= 0.6 is 0 Å². The average Bonchev–Trinajstić information content (AvgIpc) is 3.11. The minimum atomic E-state index is -3.53. The van der Waals surface area contributed by atoms with E-state index >= 15 is 0 Å². The Labute approximate surface area is 195 Å². The first-order chi connectivity index (χ1) is 16.2. The van der Waals surface area contributed by atoms with Gasteiger partial charge in [0.1, 0.15) is 17.2 Å². The molecule has 34 heavy (non-hydrogen) atoms. The van der Waals surface area contributed by atoms with Gasteiger partial charge in [-0.25, -0.2) is 13.2 Å². The third-order valence-electron chi connectivity index (χ3n) is 5.01. The Morgan fingerprint density at radius 1 is 1.06 bits per heavy atom. The molecule has 0 bridgehead atoms. The average molecular weight is 482 g/mol. The maximum absolute atomic E-state index is 12.8. The van der Waals surface area contributed by atoms with Crippen molar-refractivity contribution < 1.29 is 22.7 Å². The summed E-state index contributed by atoms with van der Waals surface area (Å²) in [6.07, 6.45) is 1.06. The zero-order valence-electron chi connectivity index (χ0n) is 18.8. The summed E-state index contributed by atoms with van der Waals surface area (Å²) >= 11 is 0. The van der Waals surface area contributed by atoms with Gasteiger partial charge >= 0.3 is 5.97 Å². The second kappa shape index (κ2) is 9.06. The summed E-state index contributed by atoms with van der Waals surface area (Å²) in [5.74, 6) is 0.344. The summed E-state index contributed by atoms with van der Waals surface area (Å²) in [5.41, 5.74) is 1.44. The number of carbonyl (C=O) groups excluding carboxylic acids is 1. The van der Waals surface area contributed by atoms with E-state index in [1.165, 1.54) is 6.07 Å². The Morgan fingerprint density at radius 2 is 1.79 bits per heavy atom. The van der Waals surface area contributed by atoms with Crippen molar-refractivity contribution in [3.8, 4) is 22.8 Å². The highest BCUT2D eigenvalue weighted by molar-refractivity contribution is 7.92. The summed E-state index contributed by atoms with van der Waals surface area (Å²) < 4.78 is 37.2. The molecule has 0 spiro atoms. The molecule has 0 saturated carbocycles. The number of hydrogen-bond acceptors (Lipinski definition) is 6. The van der Waals surface area contributed by atoms with Crippen molar-refractivity contribution in [3.05, 3.63) is 76.3 Å². The number of esters is 1. The summed E-state index contributed by atoms with van der Waals surface area (Å²) in [6.45, 7) is 3.57. The lowest BCUT2D eigenvalue weighted by Gasteiger charge is -2.14. The van der Waals surface area contributed by atoms with Gasteiger partial charge < -0.3 is 19.4 Å². The number of hydrogen-bond donors (Lipinski definition) is 3. The third-order valence-corrected chi connectivity index (χ3v) is 5.62. The molecule has 0 fully saturated rings. The van der Waals surface area contributed by atoms with Crippen LogP contribution in [0.3, 0.4) is 0 Å². The molecule has 0 aliphatic rings. The number of pyridine rings is 1. The molecule has 0 saturated heterocycles. The number of H-pyrrole nitrogens is 2. The Kier molecular flexibility index (Phi) is 6.16. The van der Waals surface area contributed by atoms with E-state index in [2.05, 4.69) is 14.7 Å². The van der Waals surface area contributed by atoms with Crippen molar-refractivity contribution in [1.29, 1.82) is 0 Å². The third kappa shape index (κ3) is 4.81. The molecule has 0 atom stereocenters. The molecule has 4 rings (SSSR count). The van der Waals surface area contributed by atoms with Crippen LogP contribution in [0.1, 0.15) is 23.1 Å². The van der Waals surface area contributed by atoms with Gasteiger partial charge in [-0.15, -0.1) is 0 Å². The standard InChI is InChI=1S/C24H23N3O6S/c1-4-32-24(29)19-13-18-21(23(28)26-19)14(2)25-22(18)17-12-15(27-34(3,30)31)10-11-20(17)33-16-8-6-5-7-9-16/h5-13,25,27H,4H2,1-3H3,(H,26,28). The van der Waals surface area contributed by atoms with Gasteiger partial charge in [-0.3, -0.25) is 9.52 Å². The second-order valence-electron chi connectivity index (χ2n) is 7.65. The number of anilines is 1. The molecular weight excluding hydrogens is 458 g/mol. The first-order valence-corrected chi connectivity index (χ1v) is 12.3. The summed E-state index contributed by atoms with van der Waals surface area (Å²) in [7, 11) is -3.53. The number of benzene rings is 2. The number of aromatic amines is 2. The van der Waals surface area contributed by atoms with Crippen molar-refractivity contribution in [3.63, 3.8) is 0 Å². The summed E-state index contributed by atoms with van der Waals surface area (Å²) in [5, 5.41) is 0.842. The molecule has 0 aliphatic carbocycles. The van der Waals surface area contributed by atoms with Gasteiger partial charge in [-0.1, -0.05) is 18.2 Å². The zero-order chi connectivity index (χ0) is 24.5. The highest BCUT2D eigenvalue weighted by Gasteiger charge is 2.20. The fourth-order valence-corrected chi connectivity index (χ4v) is 4.24. The van der Waals surface area contributed by atoms with E-state index in [0.29, 0.717) is 44.9 Å². The van der Waals surface area contributed by atoms with E-state index in [9.17, 15) is 18.0 Å². The lowest BCUT2D eigenvalue weighted by molar-refractivity contribution is 0.0519. The van der Waals surface area contributed by atoms with Crippen LogP contribution in [0, 0.1) is 6.92 Å². The lowest BCUT2D eigenvalue weighted by Crippen LogP contribution is -2.15. The van der Waals surface area contributed by atoms with Gasteiger partial charge in [-0.05, 0) is 50.2 Å². The van der Waals surface area contributed by atoms with Crippen LogP contribution in [0.25, 0.3) is 22.0 Å². The molecule has 0 aliphatic heterocycles. The first-order valence-electron chi connectivity index (χ1n) is 10.4.